The Hall–Kier alpha value is -2.11. The molecule has 28 heavy (non-hydrogen) atoms. The van der Waals surface area contributed by atoms with E-state index in [0.717, 1.165) is 11.8 Å². The number of carbonyl (C=O) groups excluding carboxylic acids is 1. The molecule has 3 rings (SSSR count). The molecule has 2 amide bonds. The van der Waals surface area contributed by atoms with Crippen LogP contribution in [-0.4, -0.2) is 31.9 Å². The van der Waals surface area contributed by atoms with E-state index in [0.29, 0.717) is 48.7 Å². The third-order valence-electron chi connectivity index (χ3n) is 5.96. The predicted molar refractivity (Wildman–Crippen MR) is 111 cm³/mol. The molecular formula is C22H34N2O4. The van der Waals surface area contributed by atoms with E-state index in [2.05, 4.69) is 17.6 Å². The van der Waals surface area contributed by atoms with Crippen molar-refractivity contribution in [3.05, 3.63) is 12.1 Å². The monoisotopic (exact) mass is 390 g/mol. The second-order valence-corrected chi connectivity index (χ2v) is 7.83. The van der Waals surface area contributed by atoms with Gasteiger partial charge >= 0.3 is 6.03 Å². The van der Waals surface area contributed by atoms with Crippen LogP contribution in [0.2, 0.25) is 0 Å². The Balaban J connectivity index is 1.68. The zero-order chi connectivity index (χ0) is 20.1. The fourth-order valence-corrected chi connectivity index (χ4v) is 4.85. The third kappa shape index (κ3) is 4.65. The summed E-state index contributed by atoms with van der Waals surface area (Å²) in [4.78, 5) is 12.6. The van der Waals surface area contributed by atoms with Crippen molar-refractivity contribution in [1.82, 2.24) is 5.32 Å². The maximum absolute atomic E-state index is 12.6. The van der Waals surface area contributed by atoms with Crippen LogP contribution in [0.4, 0.5) is 10.5 Å². The number of hydrogen-bond donors (Lipinski definition) is 2. The number of ether oxygens (including phenoxy) is 3. The van der Waals surface area contributed by atoms with Crippen LogP contribution >= 0.6 is 0 Å². The number of nitrogens with one attached hydrogen (secondary N) is 2. The molecule has 4 unspecified atom stereocenters. The Labute approximate surface area is 168 Å². The zero-order valence-electron chi connectivity index (χ0n) is 17.5. The van der Waals surface area contributed by atoms with Crippen molar-refractivity contribution in [2.45, 2.75) is 59.4 Å². The first-order valence-corrected chi connectivity index (χ1v) is 10.7. The lowest BCUT2D eigenvalue weighted by atomic mass is 9.84. The highest BCUT2D eigenvalue weighted by molar-refractivity contribution is 5.90. The summed E-state index contributed by atoms with van der Waals surface area (Å²) in [5, 5.41) is 6.08. The number of anilines is 1. The Morgan fingerprint density at radius 3 is 2.18 bits per heavy atom. The summed E-state index contributed by atoms with van der Waals surface area (Å²) in [7, 11) is 0. The zero-order valence-corrected chi connectivity index (χ0v) is 17.5. The molecule has 0 radical (unpaired) electrons. The molecule has 1 aromatic rings. The number of rotatable bonds is 9. The van der Waals surface area contributed by atoms with Gasteiger partial charge in [-0.05, 0) is 64.7 Å². The first-order valence-electron chi connectivity index (χ1n) is 10.7. The van der Waals surface area contributed by atoms with Gasteiger partial charge in [0.2, 0.25) is 5.75 Å². The lowest BCUT2D eigenvalue weighted by Crippen LogP contribution is -2.42. The maximum atomic E-state index is 12.6. The average molecular weight is 391 g/mol. The van der Waals surface area contributed by atoms with Gasteiger partial charge in [0.1, 0.15) is 0 Å². The van der Waals surface area contributed by atoms with Crippen molar-refractivity contribution < 1.29 is 19.0 Å². The summed E-state index contributed by atoms with van der Waals surface area (Å²) in [6.07, 6.45) is 5.27. The van der Waals surface area contributed by atoms with E-state index in [1.165, 1.54) is 25.7 Å². The fourth-order valence-electron chi connectivity index (χ4n) is 4.85. The molecule has 2 N–H and O–H groups in total. The minimum atomic E-state index is -0.190. The second-order valence-electron chi connectivity index (χ2n) is 7.83. The first kappa shape index (κ1) is 20.6. The summed E-state index contributed by atoms with van der Waals surface area (Å²) in [5.74, 6) is 3.98. The van der Waals surface area contributed by atoms with E-state index in [-0.39, 0.29) is 12.1 Å². The second kappa shape index (κ2) is 9.39. The van der Waals surface area contributed by atoms with Gasteiger partial charge in [0, 0.05) is 18.2 Å². The van der Waals surface area contributed by atoms with E-state index >= 15 is 0 Å². The quantitative estimate of drug-likeness (QED) is 0.634. The van der Waals surface area contributed by atoms with Crippen LogP contribution in [0.15, 0.2) is 12.1 Å². The van der Waals surface area contributed by atoms with Gasteiger partial charge in [-0.25, -0.2) is 4.79 Å². The Morgan fingerprint density at radius 1 is 1.04 bits per heavy atom. The smallest absolute Gasteiger partial charge is 0.319 e. The summed E-state index contributed by atoms with van der Waals surface area (Å²) >= 11 is 0. The van der Waals surface area contributed by atoms with Gasteiger partial charge in [-0.3, -0.25) is 0 Å². The fraction of sp³-hybridized carbons (Fsp3) is 0.682. The number of hydrogen-bond acceptors (Lipinski definition) is 4. The normalized spacial score (nSPS) is 23.9. The summed E-state index contributed by atoms with van der Waals surface area (Å²) in [6, 6.07) is 3.57. The van der Waals surface area contributed by atoms with E-state index in [4.69, 9.17) is 14.2 Å². The van der Waals surface area contributed by atoms with Crippen molar-refractivity contribution in [2.75, 3.05) is 25.1 Å². The van der Waals surface area contributed by atoms with Crippen LogP contribution in [0, 0.1) is 17.8 Å². The van der Waals surface area contributed by atoms with Crippen molar-refractivity contribution in [1.29, 1.82) is 0 Å². The van der Waals surface area contributed by atoms with Crippen LogP contribution in [0.1, 0.15) is 53.4 Å². The molecule has 2 aliphatic rings. The van der Waals surface area contributed by atoms with Crippen molar-refractivity contribution in [3.63, 3.8) is 0 Å². The van der Waals surface area contributed by atoms with Crippen LogP contribution in [0.25, 0.3) is 0 Å². The molecule has 0 aromatic heterocycles. The van der Waals surface area contributed by atoms with E-state index in [9.17, 15) is 4.79 Å². The molecule has 0 heterocycles. The van der Waals surface area contributed by atoms with Crippen molar-refractivity contribution in [2.24, 2.45) is 17.8 Å². The summed E-state index contributed by atoms with van der Waals surface area (Å²) in [5.41, 5.74) is 0.632. The highest BCUT2D eigenvalue weighted by Crippen LogP contribution is 2.49. The highest BCUT2D eigenvalue weighted by atomic mass is 16.5. The summed E-state index contributed by atoms with van der Waals surface area (Å²) < 4.78 is 17.2. The number of amides is 2. The molecule has 0 saturated heterocycles. The van der Waals surface area contributed by atoms with Crippen molar-refractivity contribution >= 4 is 11.7 Å². The Bertz CT molecular complexity index is 651. The van der Waals surface area contributed by atoms with E-state index in [1.807, 2.05) is 20.8 Å². The van der Waals surface area contributed by atoms with Gasteiger partial charge in [-0.1, -0.05) is 6.42 Å². The third-order valence-corrected chi connectivity index (χ3v) is 5.96. The molecule has 0 aliphatic heterocycles. The molecule has 156 valence electrons. The van der Waals surface area contributed by atoms with E-state index < -0.39 is 0 Å². The molecule has 6 nitrogen and oxygen atoms in total. The van der Waals surface area contributed by atoms with Gasteiger partial charge in [-0.2, -0.15) is 0 Å². The van der Waals surface area contributed by atoms with Gasteiger partial charge in [0.15, 0.2) is 11.5 Å². The van der Waals surface area contributed by atoms with Crippen molar-refractivity contribution in [3.8, 4) is 17.2 Å². The highest BCUT2D eigenvalue weighted by Gasteiger charge is 2.42. The Morgan fingerprint density at radius 2 is 1.68 bits per heavy atom. The van der Waals surface area contributed by atoms with Crippen LogP contribution in [-0.2, 0) is 0 Å². The number of benzene rings is 1. The van der Waals surface area contributed by atoms with Crippen LogP contribution < -0.4 is 24.8 Å². The minimum Gasteiger partial charge on any atom is -0.490 e. The minimum absolute atomic E-state index is 0.177. The molecule has 2 fully saturated rings. The maximum Gasteiger partial charge on any atom is 0.319 e. The predicted octanol–water partition coefficient (Wildman–Crippen LogP) is 4.83. The molecule has 4 atom stereocenters. The first-order chi connectivity index (χ1) is 13.5. The number of carbonyl (C=O) groups is 1. The topological polar surface area (TPSA) is 68.8 Å². The lowest BCUT2D eigenvalue weighted by Gasteiger charge is -2.28. The van der Waals surface area contributed by atoms with Gasteiger partial charge < -0.3 is 24.8 Å². The largest absolute Gasteiger partial charge is 0.490 e. The molecule has 6 heteroatoms. The van der Waals surface area contributed by atoms with Gasteiger partial charge in [0.05, 0.1) is 25.5 Å². The molecule has 2 saturated carbocycles. The van der Waals surface area contributed by atoms with E-state index in [1.54, 1.807) is 12.1 Å². The number of fused-ring (bicyclic) bond motifs is 2. The Kier molecular flexibility index (Phi) is 6.92. The summed E-state index contributed by atoms with van der Waals surface area (Å²) in [6.45, 7) is 9.39. The molecule has 1 aromatic carbocycles. The average Bonchev–Trinajstić information content (AvgIpc) is 3.28. The number of urea groups is 1. The van der Waals surface area contributed by atoms with Crippen LogP contribution in [0.3, 0.4) is 0 Å². The standard InChI is InChI=1S/C22H34N2O4/c1-5-26-19-12-17(13-20(27-6-2)21(19)28-7-3)24-22(25)23-14(4)18-11-15-8-9-16(18)10-15/h12-16,18H,5-11H2,1-4H3,(H2,23,24,25). The molecule has 2 bridgehead atoms. The molecule has 2 aliphatic carbocycles. The van der Waals surface area contributed by atoms with Gasteiger partial charge in [-0.15, -0.1) is 0 Å². The van der Waals surface area contributed by atoms with Gasteiger partial charge in [0.25, 0.3) is 0 Å². The molecule has 0 spiro atoms. The SMILES string of the molecule is CCOc1cc(NC(=O)NC(C)C2CC3CCC2C3)cc(OCC)c1OCC. The lowest BCUT2D eigenvalue weighted by molar-refractivity contribution is 0.230. The van der Waals surface area contributed by atoms with Crippen LogP contribution in [0.5, 0.6) is 17.2 Å². The molecular weight excluding hydrogens is 356 g/mol.